The molecule has 0 spiro atoms. The number of carbonyl (C=O) groups excluding carboxylic acids is 2. The molecule has 5 atom stereocenters. The van der Waals surface area contributed by atoms with Gasteiger partial charge in [-0.3, -0.25) is 4.79 Å². The van der Waals surface area contributed by atoms with Gasteiger partial charge in [0.1, 0.15) is 0 Å². The van der Waals surface area contributed by atoms with Gasteiger partial charge in [0, 0.05) is 39.1 Å². The summed E-state index contributed by atoms with van der Waals surface area (Å²) >= 11 is 0. The Morgan fingerprint density at radius 1 is 1.28 bits per heavy atom. The number of nitrogens with zero attached hydrogens (tertiary/aromatic N) is 3. The Balaban J connectivity index is 2.23. The molecule has 4 N–H and O–H groups in total. The number of nitrogens with two attached hydrogens (primary N) is 1. The molecule has 1 saturated carbocycles. The van der Waals surface area contributed by atoms with Gasteiger partial charge in [-0.15, -0.1) is 0 Å². The van der Waals surface area contributed by atoms with Crippen LogP contribution in [0.5, 0.6) is 0 Å². The molecule has 1 aliphatic heterocycles. The third kappa shape index (κ3) is 5.41. The number of aliphatic hydroxyl groups excluding tert-OH is 1. The fourth-order valence-corrected chi connectivity index (χ4v) is 5.08. The number of carbonyl (C=O) groups is 2. The highest BCUT2D eigenvalue weighted by Crippen LogP contribution is 2.38. The first kappa shape index (κ1) is 23.9. The SMILES string of the molecule is CC(=O)N1C2CCC(C(CN)CNCCO)CC2N(C(=O)N(C)C(C)C)C[C@@H]1C. The van der Waals surface area contributed by atoms with E-state index in [1.54, 1.807) is 11.8 Å². The van der Waals surface area contributed by atoms with E-state index in [0.29, 0.717) is 31.5 Å². The standard InChI is InChI=1S/C21H41N5O3/c1-14(2)24(5)21(29)25-13-15(3)26(16(4)28)19-7-6-17(10-20(19)25)18(11-22)12-23-8-9-27/h14-15,17-20,23,27H,6-13,22H2,1-5H3/t15-,17?,18?,19?,20?/m0/s1. The molecule has 0 aromatic heterocycles. The third-order valence-electron chi connectivity index (χ3n) is 6.87. The molecule has 2 fully saturated rings. The van der Waals surface area contributed by atoms with Gasteiger partial charge >= 0.3 is 6.03 Å². The van der Waals surface area contributed by atoms with Crippen molar-refractivity contribution < 1.29 is 14.7 Å². The summed E-state index contributed by atoms with van der Waals surface area (Å²) in [5.74, 6) is 0.789. The summed E-state index contributed by atoms with van der Waals surface area (Å²) in [5, 5.41) is 12.3. The molecule has 2 rings (SSSR count). The maximum absolute atomic E-state index is 13.3. The molecular weight excluding hydrogens is 370 g/mol. The van der Waals surface area contributed by atoms with Crippen molar-refractivity contribution in [2.24, 2.45) is 17.6 Å². The molecule has 3 amide bonds. The average Bonchev–Trinajstić information content (AvgIpc) is 2.68. The summed E-state index contributed by atoms with van der Waals surface area (Å²) < 4.78 is 0. The summed E-state index contributed by atoms with van der Waals surface area (Å²) in [6, 6.07) is 0.288. The maximum Gasteiger partial charge on any atom is 0.320 e. The van der Waals surface area contributed by atoms with E-state index < -0.39 is 0 Å². The number of hydrogen-bond donors (Lipinski definition) is 3. The van der Waals surface area contributed by atoms with Gasteiger partial charge in [0.2, 0.25) is 5.91 Å². The number of fused-ring (bicyclic) bond motifs is 1. The monoisotopic (exact) mass is 411 g/mol. The van der Waals surface area contributed by atoms with Crippen LogP contribution in [0, 0.1) is 11.8 Å². The van der Waals surface area contributed by atoms with Crippen LogP contribution in [-0.4, -0.2) is 95.7 Å². The Morgan fingerprint density at radius 3 is 2.52 bits per heavy atom. The second kappa shape index (κ2) is 10.6. The second-order valence-corrected chi connectivity index (χ2v) is 9.05. The van der Waals surface area contributed by atoms with Crippen molar-refractivity contribution in [3.05, 3.63) is 0 Å². The molecule has 1 heterocycles. The summed E-state index contributed by atoms with van der Waals surface area (Å²) in [5.41, 5.74) is 6.08. The molecule has 1 aliphatic carbocycles. The van der Waals surface area contributed by atoms with Crippen molar-refractivity contribution in [3.8, 4) is 0 Å². The highest BCUT2D eigenvalue weighted by Gasteiger charge is 2.47. The third-order valence-corrected chi connectivity index (χ3v) is 6.87. The van der Waals surface area contributed by atoms with E-state index in [4.69, 9.17) is 10.8 Å². The van der Waals surface area contributed by atoms with E-state index in [1.165, 1.54) is 0 Å². The number of nitrogens with one attached hydrogen (secondary N) is 1. The first-order valence-corrected chi connectivity index (χ1v) is 11.1. The molecule has 8 heteroatoms. The molecule has 168 valence electrons. The lowest BCUT2D eigenvalue weighted by Gasteiger charge is -2.55. The van der Waals surface area contributed by atoms with Crippen LogP contribution in [0.15, 0.2) is 0 Å². The van der Waals surface area contributed by atoms with E-state index in [1.807, 2.05) is 37.6 Å². The fraction of sp³-hybridized carbons (Fsp3) is 0.905. The first-order chi connectivity index (χ1) is 13.7. The molecule has 29 heavy (non-hydrogen) atoms. The van der Waals surface area contributed by atoms with Gasteiger partial charge in [0.25, 0.3) is 0 Å². The lowest BCUT2D eigenvalue weighted by Crippen LogP contribution is -2.68. The second-order valence-electron chi connectivity index (χ2n) is 9.05. The molecule has 2 aliphatic rings. The van der Waals surface area contributed by atoms with Crippen LogP contribution in [0.3, 0.4) is 0 Å². The van der Waals surface area contributed by atoms with Gasteiger partial charge in [-0.25, -0.2) is 4.79 Å². The Bertz CT molecular complexity index is 558. The zero-order valence-electron chi connectivity index (χ0n) is 18.8. The minimum atomic E-state index is 0.0198. The molecular formula is C21H41N5O3. The quantitative estimate of drug-likeness (QED) is 0.535. The fourth-order valence-electron chi connectivity index (χ4n) is 5.08. The largest absolute Gasteiger partial charge is 0.395 e. The van der Waals surface area contributed by atoms with Crippen LogP contribution in [-0.2, 0) is 4.79 Å². The topological polar surface area (TPSA) is 102 Å². The van der Waals surface area contributed by atoms with E-state index >= 15 is 0 Å². The first-order valence-electron chi connectivity index (χ1n) is 11.1. The molecule has 0 aromatic carbocycles. The number of rotatable bonds is 7. The smallest absolute Gasteiger partial charge is 0.320 e. The van der Waals surface area contributed by atoms with E-state index in [2.05, 4.69) is 5.32 Å². The van der Waals surface area contributed by atoms with Crippen LogP contribution in [0.4, 0.5) is 4.79 Å². The van der Waals surface area contributed by atoms with Gasteiger partial charge in [-0.2, -0.15) is 0 Å². The number of urea groups is 1. The Kier molecular flexibility index (Phi) is 8.73. The van der Waals surface area contributed by atoms with Gasteiger partial charge in [-0.1, -0.05) is 0 Å². The highest BCUT2D eigenvalue weighted by molar-refractivity contribution is 5.77. The van der Waals surface area contributed by atoms with Crippen LogP contribution < -0.4 is 11.1 Å². The normalized spacial score (nSPS) is 28.3. The lowest BCUT2D eigenvalue weighted by molar-refractivity contribution is -0.141. The van der Waals surface area contributed by atoms with Crippen molar-refractivity contribution in [1.29, 1.82) is 0 Å². The number of hydrogen-bond acceptors (Lipinski definition) is 5. The Hall–Kier alpha value is -1.38. The van der Waals surface area contributed by atoms with Gasteiger partial charge in [-0.05, 0) is 65.0 Å². The molecule has 4 unspecified atom stereocenters. The Labute approximate surface area is 175 Å². The average molecular weight is 412 g/mol. The van der Waals surface area contributed by atoms with Gasteiger partial charge in [0.15, 0.2) is 0 Å². The zero-order valence-corrected chi connectivity index (χ0v) is 18.8. The van der Waals surface area contributed by atoms with E-state index in [0.717, 1.165) is 25.8 Å². The van der Waals surface area contributed by atoms with Crippen LogP contribution in [0.25, 0.3) is 0 Å². The zero-order chi connectivity index (χ0) is 21.7. The lowest BCUT2D eigenvalue weighted by atomic mass is 9.73. The molecule has 0 radical (unpaired) electrons. The van der Waals surface area contributed by atoms with Crippen molar-refractivity contribution in [2.75, 3.05) is 39.8 Å². The minimum Gasteiger partial charge on any atom is -0.395 e. The van der Waals surface area contributed by atoms with Crippen molar-refractivity contribution in [1.82, 2.24) is 20.0 Å². The highest BCUT2D eigenvalue weighted by atomic mass is 16.3. The van der Waals surface area contributed by atoms with Crippen LogP contribution in [0.1, 0.15) is 47.0 Å². The predicted molar refractivity (Wildman–Crippen MR) is 114 cm³/mol. The molecule has 0 aromatic rings. The minimum absolute atomic E-state index is 0.0198. The number of aliphatic hydroxyl groups is 1. The summed E-state index contributed by atoms with van der Waals surface area (Å²) in [6.07, 6.45) is 2.76. The number of amides is 3. The molecule has 1 saturated heterocycles. The van der Waals surface area contributed by atoms with E-state index in [9.17, 15) is 9.59 Å². The summed E-state index contributed by atoms with van der Waals surface area (Å²) in [7, 11) is 1.85. The predicted octanol–water partition coefficient (Wildman–Crippen LogP) is 0.693. The van der Waals surface area contributed by atoms with Gasteiger partial charge in [0.05, 0.1) is 18.7 Å². The molecule has 0 bridgehead atoms. The van der Waals surface area contributed by atoms with Crippen molar-refractivity contribution in [3.63, 3.8) is 0 Å². The van der Waals surface area contributed by atoms with Gasteiger partial charge < -0.3 is 30.9 Å². The summed E-state index contributed by atoms with van der Waals surface area (Å²) in [6.45, 7) is 10.3. The molecule has 8 nitrogen and oxygen atoms in total. The van der Waals surface area contributed by atoms with Crippen molar-refractivity contribution >= 4 is 11.9 Å². The van der Waals surface area contributed by atoms with Crippen LogP contribution in [0.2, 0.25) is 0 Å². The van der Waals surface area contributed by atoms with E-state index in [-0.39, 0.29) is 42.7 Å². The Morgan fingerprint density at radius 2 is 1.97 bits per heavy atom. The van der Waals surface area contributed by atoms with Crippen molar-refractivity contribution in [2.45, 2.75) is 71.1 Å². The maximum atomic E-state index is 13.3. The number of piperazine rings is 1. The summed E-state index contributed by atoms with van der Waals surface area (Å²) in [4.78, 5) is 31.4. The van der Waals surface area contributed by atoms with Crippen LogP contribution >= 0.6 is 0 Å².